The first-order valence-electron chi connectivity index (χ1n) is 8.31. The summed E-state index contributed by atoms with van der Waals surface area (Å²) < 4.78 is 46.6. The molecule has 0 aliphatic carbocycles. The van der Waals surface area contributed by atoms with Crippen molar-refractivity contribution in [3.05, 3.63) is 29.8 Å². The highest BCUT2D eigenvalue weighted by Crippen LogP contribution is 2.21. The number of rotatable bonds is 7. The first kappa shape index (κ1) is 22.1. The molecular weight excluding hydrogens is 347 g/mol. The summed E-state index contributed by atoms with van der Waals surface area (Å²) in [6.45, 7) is 6.08. The van der Waals surface area contributed by atoms with E-state index in [1.165, 1.54) is 12.1 Å². The molecule has 0 bridgehead atoms. The minimum absolute atomic E-state index is 0.00710. The van der Waals surface area contributed by atoms with E-state index in [0.717, 1.165) is 5.56 Å². The fourth-order valence-electron chi connectivity index (χ4n) is 2.21. The summed E-state index contributed by atoms with van der Waals surface area (Å²) >= 11 is 0. The maximum absolute atomic E-state index is 12.1. The van der Waals surface area contributed by atoms with Gasteiger partial charge in [0.1, 0.15) is 5.75 Å². The lowest BCUT2D eigenvalue weighted by atomic mass is 9.89. The molecule has 0 saturated heterocycles. The van der Waals surface area contributed by atoms with E-state index in [2.05, 4.69) is 41.1 Å². The van der Waals surface area contributed by atoms with Gasteiger partial charge < -0.3 is 20.1 Å². The third kappa shape index (κ3) is 8.42. The quantitative estimate of drug-likeness (QED) is 0.567. The normalized spacial score (nSPS) is 14.1. The van der Waals surface area contributed by atoms with Crippen LogP contribution >= 0.6 is 0 Å². The number of hydrogen-bond acceptors (Lipinski definition) is 3. The monoisotopic (exact) mass is 375 g/mol. The Bertz CT molecular complexity index is 567. The predicted molar refractivity (Wildman–Crippen MR) is 96.4 cm³/mol. The van der Waals surface area contributed by atoms with Crippen molar-refractivity contribution in [1.82, 2.24) is 10.6 Å². The van der Waals surface area contributed by atoms with Crippen molar-refractivity contribution in [3.8, 4) is 5.75 Å². The highest BCUT2D eigenvalue weighted by Gasteiger charge is 2.28. The number of methoxy groups -OCH3 is 1. The maximum atomic E-state index is 12.1. The SMILES string of the molecule is CN=C(NCc1ccc(OCC(F)(F)F)cc1)NCC(OC)C(C)(C)C. The van der Waals surface area contributed by atoms with Gasteiger partial charge >= 0.3 is 6.18 Å². The molecule has 0 aliphatic heterocycles. The Hall–Kier alpha value is -1.96. The van der Waals surface area contributed by atoms with E-state index in [-0.39, 0.29) is 17.3 Å². The molecule has 0 fully saturated rings. The lowest BCUT2D eigenvalue weighted by Crippen LogP contribution is -2.45. The predicted octanol–water partition coefficient (Wildman–Crippen LogP) is 3.35. The first-order valence-corrected chi connectivity index (χ1v) is 8.31. The Morgan fingerprint density at radius 1 is 1.12 bits per heavy atom. The molecule has 148 valence electrons. The molecule has 0 heterocycles. The number of aliphatic imine (C=N–C) groups is 1. The number of halogens is 3. The van der Waals surface area contributed by atoms with Crippen molar-refractivity contribution in [2.24, 2.45) is 10.4 Å². The highest BCUT2D eigenvalue weighted by molar-refractivity contribution is 5.79. The zero-order valence-electron chi connectivity index (χ0n) is 15.9. The van der Waals surface area contributed by atoms with Gasteiger partial charge in [0.15, 0.2) is 12.6 Å². The molecule has 2 N–H and O–H groups in total. The number of alkyl halides is 3. The van der Waals surface area contributed by atoms with Crippen molar-refractivity contribution in [1.29, 1.82) is 0 Å². The van der Waals surface area contributed by atoms with Crippen LogP contribution in [-0.2, 0) is 11.3 Å². The van der Waals surface area contributed by atoms with Gasteiger partial charge in [0.05, 0.1) is 6.10 Å². The van der Waals surface area contributed by atoms with E-state index in [1.807, 2.05) is 0 Å². The standard InChI is InChI=1S/C18H28F3N3O2/c1-17(2,3)15(25-5)11-24-16(22-4)23-10-13-6-8-14(9-7-13)26-12-18(19,20)21/h6-9,15H,10-12H2,1-5H3,(H2,22,23,24). The minimum Gasteiger partial charge on any atom is -0.484 e. The van der Waals surface area contributed by atoms with Crippen LogP contribution < -0.4 is 15.4 Å². The van der Waals surface area contributed by atoms with Crippen LogP contribution in [0.2, 0.25) is 0 Å². The van der Waals surface area contributed by atoms with E-state index in [4.69, 9.17) is 4.74 Å². The summed E-state index contributed by atoms with van der Waals surface area (Å²) in [5.41, 5.74) is 0.888. The van der Waals surface area contributed by atoms with Gasteiger partial charge in [-0.2, -0.15) is 13.2 Å². The Morgan fingerprint density at radius 2 is 1.73 bits per heavy atom. The fourth-order valence-corrected chi connectivity index (χ4v) is 2.21. The van der Waals surface area contributed by atoms with Gasteiger partial charge in [-0.3, -0.25) is 4.99 Å². The molecule has 1 rings (SSSR count). The molecule has 0 amide bonds. The Kier molecular flexibility index (Phi) is 8.20. The van der Waals surface area contributed by atoms with Crippen molar-refractivity contribution in [3.63, 3.8) is 0 Å². The number of guanidine groups is 1. The van der Waals surface area contributed by atoms with E-state index in [9.17, 15) is 13.2 Å². The number of nitrogens with zero attached hydrogens (tertiary/aromatic N) is 1. The summed E-state index contributed by atoms with van der Waals surface area (Å²) in [5.74, 6) is 0.801. The second kappa shape index (κ2) is 9.66. The van der Waals surface area contributed by atoms with Gasteiger partial charge in [0.25, 0.3) is 0 Å². The average molecular weight is 375 g/mol. The Balaban J connectivity index is 2.48. The fraction of sp³-hybridized carbons (Fsp3) is 0.611. The zero-order chi connectivity index (χ0) is 19.8. The molecule has 0 aromatic heterocycles. The van der Waals surface area contributed by atoms with Crippen LogP contribution in [0, 0.1) is 5.41 Å². The molecule has 5 nitrogen and oxygen atoms in total. The second-order valence-corrected chi connectivity index (χ2v) is 6.94. The van der Waals surface area contributed by atoms with Crippen molar-refractivity contribution >= 4 is 5.96 Å². The van der Waals surface area contributed by atoms with Crippen molar-refractivity contribution < 1.29 is 22.6 Å². The van der Waals surface area contributed by atoms with Crippen LogP contribution in [0.3, 0.4) is 0 Å². The first-order chi connectivity index (χ1) is 12.0. The maximum Gasteiger partial charge on any atom is 0.422 e. The molecule has 0 spiro atoms. The van der Waals surface area contributed by atoms with Crippen LogP contribution in [0.5, 0.6) is 5.75 Å². The molecule has 1 aromatic carbocycles. The molecule has 0 saturated carbocycles. The van der Waals surface area contributed by atoms with Crippen LogP contribution in [0.1, 0.15) is 26.3 Å². The molecule has 0 aliphatic rings. The van der Waals surface area contributed by atoms with Gasteiger partial charge in [0, 0.05) is 27.2 Å². The number of nitrogens with one attached hydrogen (secondary N) is 2. The summed E-state index contributed by atoms with van der Waals surface area (Å²) in [6.07, 6.45) is -4.32. The van der Waals surface area contributed by atoms with E-state index in [1.54, 1.807) is 26.3 Å². The summed E-state index contributed by atoms with van der Waals surface area (Å²) in [5, 5.41) is 6.36. The van der Waals surface area contributed by atoms with Crippen LogP contribution in [0.4, 0.5) is 13.2 Å². The van der Waals surface area contributed by atoms with Gasteiger partial charge in [0.2, 0.25) is 0 Å². The third-order valence-electron chi connectivity index (χ3n) is 3.71. The van der Waals surface area contributed by atoms with Gasteiger partial charge in [-0.05, 0) is 23.1 Å². The average Bonchev–Trinajstić information content (AvgIpc) is 2.55. The van der Waals surface area contributed by atoms with Crippen LogP contribution in [-0.4, -0.2) is 45.5 Å². The van der Waals surface area contributed by atoms with Crippen LogP contribution in [0.15, 0.2) is 29.3 Å². The molecule has 0 radical (unpaired) electrons. The molecule has 1 unspecified atom stereocenters. The summed E-state index contributed by atoms with van der Waals surface area (Å²) in [4.78, 5) is 4.15. The smallest absolute Gasteiger partial charge is 0.422 e. The summed E-state index contributed by atoms with van der Waals surface area (Å²) in [6, 6.07) is 6.44. The number of benzene rings is 1. The molecule has 8 heteroatoms. The highest BCUT2D eigenvalue weighted by atomic mass is 19.4. The van der Waals surface area contributed by atoms with Gasteiger partial charge in [-0.1, -0.05) is 32.9 Å². The van der Waals surface area contributed by atoms with Crippen molar-refractivity contribution in [2.75, 3.05) is 27.3 Å². The number of ether oxygens (including phenoxy) is 2. The third-order valence-corrected chi connectivity index (χ3v) is 3.71. The van der Waals surface area contributed by atoms with E-state index < -0.39 is 12.8 Å². The number of hydrogen-bond donors (Lipinski definition) is 2. The largest absolute Gasteiger partial charge is 0.484 e. The lowest BCUT2D eigenvalue weighted by molar-refractivity contribution is -0.153. The zero-order valence-corrected chi connectivity index (χ0v) is 15.9. The summed E-state index contributed by atoms with van der Waals surface area (Å²) in [7, 11) is 3.35. The lowest BCUT2D eigenvalue weighted by Gasteiger charge is -2.30. The van der Waals surface area contributed by atoms with Crippen molar-refractivity contribution in [2.45, 2.75) is 39.6 Å². The van der Waals surface area contributed by atoms with E-state index >= 15 is 0 Å². The Morgan fingerprint density at radius 3 is 2.19 bits per heavy atom. The molecule has 1 atom stereocenters. The molecule has 1 aromatic rings. The van der Waals surface area contributed by atoms with Gasteiger partial charge in [-0.25, -0.2) is 0 Å². The Labute approximate surface area is 153 Å². The van der Waals surface area contributed by atoms with Gasteiger partial charge in [-0.15, -0.1) is 0 Å². The topological polar surface area (TPSA) is 54.9 Å². The van der Waals surface area contributed by atoms with Crippen LogP contribution in [0.25, 0.3) is 0 Å². The minimum atomic E-state index is -4.34. The second-order valence-electron chi connectivity index (χ2n) is 6.94. The molecule has 26 heavy (non-hydrogen) atoms. The van der Waals surface area contributed by atoms with E-state index in [0.29, 0.717) is 19.0 Å². The molecular formula is C18H28F3N3O2.